The second-order valence-electron chi connectivity index (χ2n) is 4.72. The van der Waals surface area contributed by atoms with Crippen LogP contribution in [0.5, 0.6) is 0 Å². The van der Waals surface area contributed by atoms with Gasteiger partial charge in [-0.3, -0.25) is 0 Å². The Hall–Kier alpha value is -1.02. The summed E-state index contributed by atoms with van der Waals surface area (Å²) in [6.45, 7) is 5.48. The van der Waals surface area contributed by atoms with Crippen LogP contribution in [-0.4, -0.2) is 18.1 Å². The summed E-state index contributed by atoms with van der Waals surface area (Å²) in [5.74, 6) is 0. The Balaban J connectivity index is 2.27. The Morgan fingerprint density at radius 1 is 1.29 bits per heavy atom. The lowest BCUT2D eigenvalue weighted by Crippen LogP contribution is -2.38. The predicted molar refractivity (Wildman–Crippen MR) is 60.5 cm³/mol. The SMILES string of the molecule is CC1(C)CC(N)CN1c1ccccc1. The highest BCUT2D eigenvalue weighted by Gasteiger charge is 2.36. The molecule has 0 amide bonds. The number of para-hydroxylation sites is 1. The normalized spacial score (nSPS) is 25.4. The van der Waals surface area contributed by atoms with Crippen molar-refractivity contribution < 1.29 is 0 Å². The van der Waals surface area contributed by atoms with Gasteiger partial charge in [0.1, 0.15) is 0 Å². The summed E-state index contributed by atoms with van der Waals surface area (Å²) in [5.41, 5.74) is 7.47. The van der Waals surface area contributed by atoms with Gasteiger partial charge in [0.2, 0.25) is 0 Å². The highest BCUT2D eigenvalue weighted by molar-refractivity contribution is 5.50. The molecule has 1 unspecified atom stereocenters. The van der Waals surface area contributed by atoms with Crippen LogP contribution in [0.1, 0.15) is 20.3 Å². The number of benzene rings is 1. The van der Waals surface area contributed by atoms with E-state index < -0.39 is 0 Å². The van der Waals surface area contributed by atoms with Gasteiger partial charge in [-0.2, -0.15) is 0 Å². The summed E-state index contributed by atoms with van der Waals surface area (Å²) in [7, 11) is 0. The van der Waals surface area contributed by atoms with Gasteiger partial charge in [0.25, 0.3) is 0 Å². The van der Waals surface area contributed by atoms with Crippen LogP contribution in [0.4, 0.5) is 5.69 Å². The smallest absolute Gasteiger partial charge is 0.0371 e. The van der Waals surface area contributed by atoms with Crippen LogP contribution in [0.2, 0.25) is 0 Å². The van der Waals surface area contributed by atoms with E-state index in [1.165, 1.54) is 5.69 Å². The molecule has 2 rings (SSSR count). The fourth-order valence-electron chi connectivity index (χ4n) is 2.36. The van der Waals surface area contributed by atoms with E-state index in [2.05, 4.69) is 43.0 Å². The number of nitrogens with two attached hydrogens (primary N) is 1. The third-order valence-electron chi connectivity index (χ3n) is 2.98. The Morgan fingerprint density at radius 3 is 2.43 bits per heavy atom. The molecule has 1 saturated heterocycles. The van der Waals surface area contributed by atoms with Gasteiger partial charge in [-0.25, -0.2) is 0 Å². The molecule has 1 atom stereocenters. The first-order chi connectivity index (χ1) is 6.59. The van der Waals surface area contributed by atoms with Crippen molar-refractivity contribution in [2.45, 2.75) is 31.8 Å². The van der Waals surface area contributed by atoms with Gasteiger partial charge >= 0.3 is 0 Å². The van der Waals surface area contributed by atoms with Crippen molar-refractivity contribution in [3.05, 3.63) is 30.3 Å². The predicted octanol–water partition coefficient (Wildman–Crippen LogP) is 2.00. The van der Waals surface area contributed by atoms with Crippen molar-refractivity contribution in [3.63, 3.8) is 0 Å². The van der Waals surface area contributed by atoms with Crippen molar-refractivity contribution in [1.29, 1.82) is 0 Å². The molecule has 0 radical (unpaired) electrons. The minimum atomic E-state index is 0.195. The van der Waals surface area contributed by atoms with Crippen molar-refractivity contribution in [3.8, 4) is 0 Å². The molecule has 76 valence electrons. The Morgan fingerprint density at radius 2 is 1.93 bits per heavy atom. The number of nitrogens with zero attached hydrogens (tertiary/aromatic N) is 1. The lowest BCUT2D eigenvalue weighted by atomic mass is 10.0. The zero-order chi connectivity index (χ0) is 10.2. The van der Waals surface area contributed by atoms with Crippen LogP contribution in [0.15, 0.2) is 30.3 Å². The van der Waals surface area contributed by atoms with Gasteiger partial charge in [0, 0.05) is 23.8 Å². The third-order valence-corrected chi connectivity index (χ3v) is 2.98. The molecule has 1 aliphatic rings. The van der Waals surface area contributed by atoms with Crippen molar-refractivity contribution in [1.82, 2.24) is 0 Å². The third kappa shape index (κ3) is 1.62. The Kier molecular flexibility index (Phi) is 2.23. The highest BCUT2D eigenvalue weighted by atomic mass is 15.2. The van der Waals surface area contributed by atoms with E-state index in [4.69, 9.17) is 5.73 Å². The zero-order valence-corrected chi connectivity index (χ0v) is 8.90. The van der Waals surface area contributed by atoms with E-state index in [9.17, 15) is 0 Å². The van der Waals surface area contributed by atoms with E-state index in [0.29, 0.717) is 6.04 Å². The van der Waals surface area contributed by atoms with Crippen molar-refractivity contribution in [2.24, 2.45) is 5.73 Å². The van der Waals surface area contributed by atoms with Crippen LogP contribution in [0.25, 0.3) is 0 Å². The number of rotatable bonds is 1. The second-order valence-corrected chi connectivity index (χ2v) is 4.72. The maximum atomic E-state index is 6.00. The average Bonchev–Trinajstić information content (AvgIpc) is 2.41. The highest BCUT2D eigenvalue weighted by Crippen LogP contribution is 2.32. The van der Waals surface area contributed by atoms with Crippen LogP contribution in [0, 0.1) is 0 Å². The molecule has 1 heterocycles. The van der Waals surface area contributed by atoms with E-state index in [1.807, 2.05) is 6.07 Å². The van der Waals surface area contributed by atoms with Crippen LogP contribution in [0.3, 0.4) is 0 Å². The van der Waals surface area contributed by atoms with Crippen molar-refractivity contribution in [2.75, 3.05) is 11.4 Å². The summed E-state index contributed by atoms with van der Waals surface area (Å²) in [6.07, 6.45) is 1.07. The number of hydrogen-bond donors (Lipinski definition) is 1. The first kappa shape index (κ1) is 9.53. The first-order valence-electron chi connectivity index (χ1n) is 5.18. The summed E-state index contributed by atoms with van der Waals surface area (Å²) in [4.78, 5) is 2.40. The number of hydrogen-bond acceptors (Lipinski definition) is 2. The molecule has 1 aliphatic heterocycles. The molecular weight excluding hydrogens is 172 g/mol. The molecule has 0 bridgehead atoms. The maximum absolute atomic E-state index is 6.00. The van der Waals surface area contributed by atoms with Gasteiger partial charge in [0.05, 0.1) is 0 Å². The lowest BCUT2D eigenvalue weighted by Gasteiger charge is -2.33. The van der Waals surface area contributed by atoms with Gasteiger partial charge < -0.3 is 10.6 Å². The molecule has 1 aromatic carbocycles. The minimum absolute atomic E-state index is 0.195. The van der Waals surface area contributed by atoms with Gasteiger partial charge in [0.15, 0.2) is 0 Å². The Labute approximate surface area is 85.7 Å². The molecule has 1 fully saturated rings. The van der Waals surface area contributed by atoms with E-state index in [0.717, 1.165) is 13.0 Å². The van der Waals surface area contributed by atoms with E-state index in [1.54, 1.807) is 0 Å². The molecule has 0 aliphatic carbocycles. The second kappa shape index (κ2) is 3.28. The fraction of sp³-hybridized carbons (Fsp3) is 0.500. The summed E-state index contributed by atoms with van der Waals surface area (Å²) in [5, 5.41) is 0. The fourth-order valence-corrected chi connectivity index (χ4v) is 2.36. The summed E-state index contributed by atoms with van der Waals surface area (Å²) in [6, 6.07) is 10.8. The molecule has 1 aromatic rings. The quantitative estimate of drug-likeness (QED) is 0.734. The molecule has 2 nitrogen and oxygen atoms in total. The van der Waals surface area contributed by atoms with E-state index in [-0.39, 0.29) is 5.54 Å². The Bertz CT molecular complexity index is 305. The van der Waals surface area contributed by atoms with Crippen LogP contribution in [-0.2, 0) is 0 Å². The van der Waals surface area contributed by atoms with Crippen LogP contribution < -0.4 is 10.6 Å². The largest absolute Gasteiger partial charge is 0.365 e. The number of anilines is 1. The monoisotopic (exact) mass is 190 g/mol. The first-order valence-corrected chi connectivity index (χ1v) is 5.18. The average molecular weight is 190 g/mol. The molecule has 2 heteroatoms. The summed E-state index contributed by atoms with van der Waals surface area (Å²) < 4.78 is 0. The zero-order valence-electron chi connectivity index (χ0n) is 8.90. The van der Waals surface area contributed by atoms with Gasteiger partial charge in [-0.05, 0) is 32.4 Å². The topological polar surface area (TPSA) is 29.3 Å². The van der Waals surface area contributed by atoms with E-state index >= 15 is 0 Å². The summed E-state index contributed by atoms with van der Waals surface area (Å²) >= 11 is 0. The van der Waals surface area contributed by atoms with Gasteiger partial charge in [-0.15, -0.1) is 0 Å². The standard InChI is InChI=1S/C12H18N2/c1-12(2)8-10(13)9-14(12)11-6-4-3-5-7-11/h3-7,10H,8-9,13H2,1-2H3. The molecule has 14 heavy (non-hydrogen) atoms. The molecular formula is C12H18N2. The van der Waals surface area contributed by atoms with Crippen LogP contribution >= 0.6 is 0 Å². The van der Waals surface area contributed by atoms with Crippen molar-refractivity contribution >= 4 is 5.69 Å². The lowest BCUT2D eigenvalue weighted by molar-refractivity contribution is 0.506. The molecule has 0 saturated carbocycles. The van der Waals surface area contributed by atoms with Gasteiger partial charge in [-0.1, -0.05) is 18.2 Å². The maximum Gasteiger partial charge on any atom is 0.0371 e. The minimum Gasteiger partial charge on any atom is -0.365 e. The molecule has 2 N–H and O–H groups in total. The molecule has 0 aromatic heterocycles. The molecule has 0 spiro atoms.